The van der Waals surface area contributed by atoms with Gasteiger partial charge < -0.3 is 0 Å². The van der Waals surface area contributed by atoms with Crippen LogP contribution in [0.1, 0.15) is 37.3 Å². The Hall–Kier alpha value is -1.33. The first-order chi connectivity index (χ1) is 7.81. The van der Waals surface area contributed by atoms with Gasteiger partial charge in [0.25, 0.3) is 0 Å². The summed E-state index contributed by atoms with van der Waals surface area (Å²) < 4.78 is 0. The van der Waals surface area contributed by atoms with Gasteiger partial charge in [-0.15, -0.1) is 0 Å². The number of rotatable bonds is 2. The number of benzene rings is 1. The van der Waals surface area contributed by atoms with Crippen molar-refractivity contribution in [2.24, 2.45) is 0 Å². The largest absolute Gasteiger partial charge is 0.296 e. The summed E-state index contributed by atoms with van der Waals surface area (Å²) in [7, 11) is 0. The molecule has 0 bridgehead atoms. The van der Waals surface area contributed by atoms with Crippen LogP contribution >= 0.6 is 0 Å². The number of hydrogen-bond acceptors (Lipinski definition) is 2. The van der Waals surface area contributed by atoms with Crippen LogP contribution in [0.15, 0.2) is 24.3 Å². The normalized spacial score (nSPS) is 21.6. The fraction of sp³-hybridized carbons (Fsp3) is 0.500. The zero-order valence-electron chi connectivity index (χ0n) is 9.82. The minimum atomic E-state index is 0.653. The quantitative estimate of drug-likeness (QED) is 0.757. The number of nitrogens with zero attached hydrogens (tertiary/aromatic N) is 2. The third-order valence-electron chi connectivity index (χ3n) is 3.45. The molecule has 0 aliphatic carbocycles. The third-order valence-corrected chi connectivity index (χ3v) is 3.45. The maximum atomic E-state index is 9.05. The molecule has 1 atom stereocenters. The maximum absolute atomic E-state index is 9.05. The summed E-state index contributed by atoms with van der Waals surface area (Å²) in [4.78, 5) is 2.49. The SMILES string of the molecule is CC1CCCCN1Cc1ccccc1C#N. The van der Waals surface area contributed by atoms with Gasteiger partial charge in [-0.05, 0) is 37.9 Å². The standard InChI is InChI=1S/C14H18N2/c1-12-6-4-5-9-16(12)11-14-8-3-2-7-13(14)10-15/h2-3,7-8,12H,4-6,9,11H2,1H3. The Morgan fingerprint density at radius 3 is 2.94 bits per heavy atom. The van der Waals surface area contributed by atoms with Crippen LogP contribution < -0.4 is 0 Å². The van der Waals surface area contributed by atoms with Crippen LogP contribution in [-0.4, -0.2) is 17.5 Å². The molecule has 0 aromatic heterocycles. The molecule has 1 saturated heterocycles. The van der Waals surface area contributed by atoms with E-state index in [0.29, 0.717) is 6.04 Å². The van der Waals surface area contributed by atoms with Crippen molar-refractivity contribution < 1.29 is 0 Å². The highest BCUT2D eigenvalue weighted by atomic mass is 15.2. The first-order valence-electron chi connectivity index (χ1n) is 6.03. The molecule has 1 aliphatic heterocycles. The molecule has 1 unspecified atom stereocenters. The Labute approximate surface area is 97.5 Å². The van der Waals surface area contributed by atoms with Crippen molar-refractivity contribution in [3.63, 3.8) is 0 Å². The van der Waals surface area contributed by atoms with Crippen molar-refractivity contribution in [2.45, 2.75) is 38.8 Å². The van der Waals surface area contributed by atoms with E-state index in [1.807, 2.05) is 18.2 Å². The average molecular weight is 214 g/mol. The Morgan fingerprint density at radius 2 is 2.19 bits per heavy atom. The maximum Gasteiger partial charge on any atom is 0.0995 e. The van der Waals surface area contributed by atoms with Gasteiger partial charge in [-0.2, -0.15) is 5.26 Å². The van der Waals surface area contributed by atoms with Gasteiger partial charge in [-0.25, -0.2) is 0 Å². The predicted octanol–water partition coefficient (Wildman–Crippen LogP) is 2.93. The second-order valence-electron chi connectivity index (χ2n) is 4.58. The van der Waals surface area contributed by atoms with E-state index in [1.54, 1.807) is 0 Å². The number of nitriles is 1. The fourth-order valence-corrected chi connectivity index (χ4v) is 2.38. The average Bonchev–Trinajstić information content (AvgIpc) is 2.33. The summed E-state index contributed by atoms with van der Waals surface area (Å²) in [5, 5.41) is 9.05. The molecule has 2 heteroatoms. The summed E-state index contributed by atoms with van der Waals surface area (Å²) in [6.07, 6.45) is 3.92. The summed E-state index contributed by atoms with van der Waals surface area (Å²) in [5.74, 6) is 0. The van der Waals surface area contributed by atoms with Crippen molar-refractivity contribution >= 4 is 0 Å². The van der Waals surface area contributed by atoms with Crippen LogP contribution in [0, 0.1) is 11.3 Å². The first kappa shape index (κ1) is 11.2. The zero-order valence-corrected chi connectivity index (χ0v) is 9.82. The van der Waals surface area contributed by atoms with E-state index in [9.17, 15) is 0 Å². The molecule has 1 aliphatic rings. The number of likely N-dealkylation sites (tertiary alicyclic amines) is 1. The first-order valence-corrected chi connectivity index (χ1v) is 6.03. The molecular weight excluding hydrogens is 196 g/mol. The van der Waals surface area contributed by atoms with Gasteiger partial charge in [0.05, 0.1) is 11.6 Å². The molecule has 0 N–H and O–H groups in total. The van der Waals surface area contributed by atoms with Crippen LogP contribution in [-0.2, 0) is 6.54 Å². The van der Waals surface area contributed by atoms with Gasteiger partial charge in [0.2, 0.25) is 0 Å². The zero-order chi connectivity index (χ0) is 11.4. The van der Waals surface area contributed by atoms with Crippen LogP contribution in [0.3, 0.4) is 0 Å². The second-order valence-corrected chi connectivity index (χ2v) is 4.58. The lowest BCUT2D eigenvalue weighted by atomic mass is 10.0. The molecule has 2 rings (SSSR count). The molecule has 84 valence electrons. The van der Waals surface area contributed by atoms with E-state index in [0.717, 1.165) is 12.1 Å². The van der Waals surface area contributed by atoms with Crippen LogP contribution in [0.2, 0.25) is 0 Å². The molecule has 0 spiro atoms. The summed E-state index contributed by atoms with van der Waals surface area (Å²) in [5.41, 5.74) is 1.99. The number of piperidine rings is 1. The highest BCUT2D eigenvalue weighted by molar-refractivity contribution is 5.37. The van der Waals surface area contributed by atoms with E-state index in [4.69, 9.17) is 5.26 Å². The molecular formula is C14H18N2. The molecule has 0 radical (unpaired) electrons. The molecule has 2 nitrogen and oxygen atoms in total. The Bertz CT molecular complexity index is 392. The second kappa shape index (κ2) is 5.14. The van der Waals surface area contributed by atoms with Crippen LogP contribution in [0.5, 0.6) is 0 Å². The monoisotopic (exact) mass is 214 g/mol. The molecule has 0 amide bonds. The highest BCUT2D eigenvalue weighted by Gasteiger charge is 2.18. The van der Waals surface area contributed by atoms with E-state index in [2.05, 4.69) is 24.0 Å². The van der Waals surface area contributed by atoms with Crippen molar-refractivity contribution in [1.29, 1.82) is 5.26 Å². The van der Waals surface area contributed by atoms with E-state index >= 15 is 0 Å². The predicted molar refractivity (Wildman–Crippen MR) is 64.9 cm³/mol. The summed E-state index contributed by atoms with van der Waals surface area (Å²) >= 11 is 0. The summed E-state index contributed by atoms with van der Waals surface area (Å²) in [6, 6.07) is 10.9. The van der Waals surface area contributed by atoms with Crippen molar-refractivity contribution in [3.05, 3.63) is 35.4 Å². The minimum absolute atomic E-state index is 0.653. The topological polar surface area (TPSA) is 27.0 Å². The van der Waals surface area contributed by atoms with Gasteiger partial charge >= 0.3 is 0 Å². The molecule has 16 heavy (non-hydrogen) atoms. The van der Waals surface area contributed by atoms with Gasteiger partial charge in [0.15, 0.2) is 0 Å². The Morgan fingerprint density at radius 1 is 1.38 bits per heavy atom. The molecule has 1 heterocycles. The van der Waals surface area contributed by atoms with E-state index in [-0.39, 0.29) is 0 Å². The van der Waals surface area contributed by atoms with E-state index in [1.165, 1.54) is 31.4 Å². The van der Waals surface area contributed by atoms with Gasteiger partial charge in [0, 0.05) is 12.6 Å². The smallest absolute Gasteiger partial charge is 0.0995 e. The van der Waals surface area contributed by atoms with Crippen molar-refractivity contribution in [1.82, 2.24) is 4.90 Å². The lowest BCUT2D eigenvalue weighted by Gasteiger charge is -2.33. The lowest BCUT2D eigenvalue weighted by molar-refractivity contribution is 0.152. The number of hydrogen-bond donors (Lipinski definition) is 0. The lowest BCUT2D eigenvalue weighted by Crippen LogP contribution is -2.36. The third kappa shape index (κ3) is 2.43. The molecule has 1 fully saturated rings. The highest BCUT2D eigenvalue weighted by Crippen LogP contribution is 2.20. The fourth-order valence-electron chi connectivity index (χ4n) is 2.38. The Kier molecular flexibility index (Phi) is 3.58. The van der Waals surface area contributed by atoms with Crippen molar-refractivity contribution in [2.75, 3.05) is 6.54 Å². The van der Waals surface area contributed by atoms with E-state index < -0.39 is 0 Å². The summed E-state index contributed by atoms with van der Waals surface area (Å²) in [6.45, 7) is 4.37. The van der Waals surface area contributed by atoms with Crippen molar-refractivity contribution in [3.8, 4) is 6.07 Å². The molecule has 1 aromatic carbocycles. The van der Waals surface area contributed by atoms with Gasteiger partial charge in [0.1, 0.15) is 0 Å². The van der Waals surface area contributed by atoms with Crippen LogP contribution in [0.4, 0.5) is 0 Å². The molecule has 1 aromatic rings. The van der Waals surface area contributed by atoms with Gasteiger partial charge in [-0.1, -0.05) is 24.6 Å². The Balaban J connectivity index is 2.11. The van der Waals surface area contributed by atoms with Gasteiger partial charge in [-0.3, -0.25) is 4.90 Å². The van der Waals surface area contributed by atoms with Crippen LogP contribution in [0.25, 0.3) is 0 Å². The molecule has 0 saturated carbocycles. The minimum Gasteiger partial charge on any atom is -0.296 e.